The highest BCUT2D eigenvalue weighted by atomic mass is 16.2. The number of pyridine rings is 1. The maximum absolute atomic E-state index is 13.1. The molecule has 2 bridgehead atoms. The number of hydrogen-bond acceptors (Lipinski definition) is 3. The predicted molar refractivity (Wildman–Crippen MR) is 125 cm³/mol. The number of aromatic nitrogens is 1. The quantitative estimate of drug-likeness (QED) is 0.646. The molecule has 33 heavy (non-hydrogen) atoms. The number of benzene rings is 1. The van der Waals surface area contributed by atoms with Crippen LogP contribution in [0.25, 0.3) is 0 Å². The minimum absolute atomic E-state index is 0.0327. The molecular formula is C27H29N3O3. The van der Waals surface area contributed by atoms with E-state index in [1.807, 2.05) is 30.3 Å². The third kappa shape index (κ3) is 3.71. The van der Waals surface area contributed by atoms with Crippen molar-refractivity contribution in [2.24, 2.45) is 23.2 Å². The summed E-state index contributed by atoms with van der Waals surface area (Å²) in [5.74, 6) is 0.849. The molecule has 3 saturated carbocycles. The Morgan fingerprint density at radius 2 is 1.73 bits per heavy atom. The van der Waals surface area contributed by atoms with Crippen LogP contribution in [0.2, 0.25) is 0 Å². The van der Waals surface area contributed by atoms with Crippen LogP contribution in [0.15, 0.2) is 59.7 Å². The molecule has 6 heteroatoms. The highest BCUT2D eigenvalue weighted by Crippen LogP contribution is 2.69. The van der Waals surface area contributed by atoms with Gasteiger partial charge in [-0.3, -0.25) is 14.4 Å². The number of nitrogens with one attached hydrogen (secondary N) is 2. The second-order valence-corrected chi connectivity index (χ2v) is 10.3. The van der Waals surface area contributed by atoms with Gasteiger partial charge in [0.05, 0.1) is 0 Å². The summed E-state index contributed by atoms with van der Waals surface area (Å²) in [6.07, 6.45) is 13.4. The molecule has 1 aromatic carbocycles. The van der Waals surface area contributed by atoms with E-state index in [9.17, 15) is 14.4 Å². The van der Waals surface area contributed by atoms with Crippen molar-refractivity contribution in [2.75, 3.05) is 6.54 Å². The van der Waals surface area contributed by atoms with Gasteiger partial charge < -0.3 is 15.2 Å². The molecule has 0 unspecified atom stereocenters. The third-order valence-electron chi connectivity index (χ3n) is 8.06. The van der Waals surface area contributed by atoms with Crippen LogP contribution in [0.3, 0.4) is 0 Å². The van der Waals surface area contributed by atoms with Gasteiger partial charge in [0.15, 0.2) is 0 Å². The first-order chi connectivity index (χ1) is 16.0. The topological polar surface area (TPSA) is 80.2 Å². The number of nitrogens with zero attached hydrogens (tertiary/aromatic N) is 1. The molecule has 4 aliphatic rings. The second kappa shape index (κ2) is 7.72. The van der Waals surface area contributed by atoms with Gasteiger partial charge in [-0.15, -0.1) is 0 Å². The Labute approximate surface area is 193 Å². The van der Waals surface area contributed by atoms with Gasteiger partial charge in [-0.1, -0.05) is 42.5 Å². The molecule has 0 aliphatic heterocycles. The molecule has 1 aromatic heterocycles. The highest BCUT2D eigenvalue weighted by molar-refractivity contribution is 5.99. The van der Waals surface area contributed by atoms with Crippen LogP contribution in [-0.2, 0) is 6.54 Å². The monoisotopic (exact) mass is 443 g/mol. The van der Waals surface area contributed by atoms with Crippen LogP contribution in [0.5, 0.6) is 0 Å². The van der Waals surface area contributed by atoms with Gasteiger partial charge in [0, 0.05) is 31.5 Å². The molecule has 6 nitrogen and oxygen atoms in total. The summed E-state index contributed by atoms with van der Waals surface area (Å²) in [6.45, 7) is 1.05. The molecule has 1 heterocycles. The summed E-state index contributed by atoms with van der Waals surface area (Å²) in [5.41, 5.74) is 1.07. The third-order valence-corrected chi connectivity index (χ3v) is 8.06. The van der Waals surface area contributed by atoms with E-state index in [1.54, 1.807) is 17.0 Å². The predicted octanol–water partition coefficient (Wildman–Crippen LogP) is 3.12. The maximum atomic E-state index is 13.1. The minimum Gasteiger partial charge on any atom is -0.352 e. The Morgan fingerprint density at radius 3 is 2.39 bits per heavy atom. The van der Waals surface area contributed by atoms with E-state index in [2.05, 4.69) is 22.8 Å². The Hall–Kier alpha value is -3.15. The van der Waals surface area contributed by atoms with Gasteiger partial charge in [0.2, 0.25) is 5.43 Å². The van der Waals surface area contributed by atoms with Gasteiger partial charge in [-0.05, 0) is 60.8 Å². The van der Waals surface area contributed by atoms with E-state index in [4.69, 9.17) is 0 Å². The standard InChI is InChI=1S/C27H29N3O3/c31-24-21(25(32)28-13-18-12-19-6-9-23(18)27(19)10-11-27)15-30(14-17-4-2-1-3-5-17)16-22(24)26(33)29-20-7-8-20/h1-6,9,15-16,18-20,23H,7-8,10-14H2,(H,28,32)(H,29,33)/t18-,19+,23-/m0/s1. The first-order valence-corrected chi connectivity index (χ1v) is 12.1. The van der Waals surface area contributed by atoms with E-state index in [0.717, 1.165) is 24.8 Å². The molecule has 170 valence electrons. The normalized spacial score (nSPS) is 25.9. The second-order valence-electron chi connectivity index (χ2n) is 10.3. The summed E-state index contributed by atoms with van der Waals surface area (Å²) < 4.78 is 1.77. The van der Waals surface area contributed by atoms with Crippen molar-refractivity contribution in [1.29, 1.82) is 0 Å². The van der Waals surface area contributed by atoms with E-state index in [0.29, 0.717) is 36.3 Å². The van der Waals surface area contributed by atoms with Crippen LogP contribution in [0, 0.1) is 23.2 Å². The van der Waals surface area contributed by atoms with Crippen molar-refractivity contribution in [3.63, 3.8) is 0 Å². The number of allylic oxidation sites excluding steroid dienone is 2. The molecule has 2 aromatic rings. The smallest absolute Gasteiger partial charge is 0.256 e. The van der Waals surface area contributed by atoms with E-state index in [-0.39, 0.29) is 23.1 Å². The zero-order valence-electron chi connectivity index (χ0n) is 18.6. The van der Waals surface area contributed by atoms with E-state index in [1.165, 1.54) is 12.8 Å². The average Bonchev–Trinajstić information content (AvgIpc) is 3.73. The fourth-order valence-electron chi connectivity index (χ4n) is 6.01. The molecule has 4 aliphatic carbocycles. The van der Waals surface area contributed by atoms with Crippen molar-refractivity contribution >= 4 is 11.8 Å². The molecule has 2 N–H and O–H groups in total. The van der Waals surface area contributed by atoms with Crippen molar-refractivity contribution in [3.8, 4) is 0 Å². The molecule has 0 saturated heterocycles. The maximum Gasteiger partial charge on any atom is 0.256 e. The lowest BCUT2D eigenvalue weighted by Gasteiger charge is -2.20. The van der Waals surface area contributed by atoms with E-state index < -0.39 is 11.3 Å². The van der Waals surface area contributed by atoms with Crippen molar-refractivity contribution < 1.29 is 9.59 Å². The summed E-state index contributed by atoms with van der Waals surface area (Å²) >= 11 is 0. The van der Waals surface area contributed by atoms with Crippen LogP contribution in [0.1, 0.15) is 58.4 Å². The highest BCUT2D eigenvalue weighted by Gasteiger charge is 2.62. The average molecular weight is 444 g/mol. The van der Waals surface area contributed by atoms with Gasteiger partial charge in [0.25, 0.3) is 11.8 Å². The molecule has 2 amide bonds. The summed E-state index contributed by atoms with van der Waals surface area (Å²) in [6, 6.07) is 9.94. The van der Waals surface area contributed by atoms with Crippen LogP contribution in [-0.4, -0.2) is 29.0 Å². The van der Waals surface area contributed by atoms with Gasteiger partial charge in [-0.25, -0.2) is 0 Å². The van der Waals surface area contributed by atoms with Crippen molar-refractivity contribution in [3.05, 3.63) is 81.8 Å². The zero-order chi connectivity index (χ0) is 22.6. The summed E-state index contributed by atoms with van der Waals surface area (Å²) in [7, 11) is 0. The Kier molecular flexibility index (Phi) is 4.78. The van der Waals surface area contributed by atoms with Crippen LogP contribution >= 0.6 is 0 Å². The Bertz CT molecular complexity index is 1190. The summed E-state index contributed by atoms with van der Waals surface area (Å²) in [4.78, 5) is 39.1. The SMILES string of the molecule is O=C(NC[C@@H]1C[C@H]2C=C[C@@H]1C21CC1)c1cn(Cc2ccccc2)cc(C(=O)NC2CC2)c1=O. The lowest BCUT2D eigenvalue weighted by molar-refractivity contribution is 0.0942. The number of carbonyl (C=O) groups excluding carboxylic acids is 2. The molecule has 3 atom stereocenters. The first kappa shape index (κ1) is 20.5. The van der Waals surface area contributed by atoms with Gasteiger partial charge in [-0.2, -0.15) is 0 Å². The van der Waals surface area contributed by atoms with Crippen LogP contribution < -0.4 is 16.1 Å². The number of carbonyl (C=O) groups is 2. The molecule has 3 fully saturated rings. The van der Waals surface area contributed by atoms with Crippen molar-refractivity contribution in [1.82, 2.24) is 15.2 Å². The van der Waals surface area contributed by atoms with E-state index >= 15 is 0 Å². The molecular weight excluding hydrogens is 414 g/mol. The fourth-order valence-corrected chi connectivity index (χ4v) is 6.01. The first-order valence-electron chi connectivity index (χ1n) is 12.1. The zero-order valence-corrected chi connectivity index (χ0v) is 18.6. The molecule has 0 radical (unpaired) electrons. The number of amides is 2. The minimum atomic E-state index is -0.499. The molecule has 6 rings (SSSR count). The van der Waals surface area contributed by atoms with Gasteiger partial charge >= 0.3 is 0 Å². The fraction of sp³-hybridized carbons (Fsp3) is 0.444. The lowest BCUT2D eigenvalue weighted by Crippen LogP contribution is -2.38. The summed E-state index contributed by atoms with van der Waals surface area (Å²) in [5, 5.41) is 5.91. The number of rotatable bonds is 7. The Morgan fingerprint density at radius 1 is 1.00 bits per heavy atom. The Balaban J connectivity index is 1.24. The van der Waals surface area contributed by atoms with Crippen molar-refractivity contribution in [2.45, 2.75) is 44.7 Å². The molecule has 1 spiro atoms. The largest absolute Gasteiger partial charge is 0.352 e. The van der Waals surface area contributed by atoms with Gasteiger partial charge in [0.1, 0.15) is 11.1 Å². The lowest BCUT2D eigenvalue weighted by atomic mass is 9.89. The number of hydrogen-bond donors (Lipinski definition) is 2. The van der Waals surface area contributed by atoms with Crippen LogP contribution in [0.4, 0.5) is 0 Å².